The standard InChI is InChI=1S/C39H52FN5O9S/c1-7-52-31-17-24-14-15-41-34(28(24)19-29(31)40)53-26-18-30-33(46)43-39(36(48)44-55(50,51)27-12-13-27)20-25(39)11-9-8-10-22(2)16-23(3)32(35(47)45(30)21-26)42-37(49)54-38(4,5)6/h9,11,14-15,17,19,22-23,25-27,30,32H,7-8,10,12-13,16,18,20-21H2,1-6H3,(H,42,49)(H,43,46)(H,44,48)/b11-9-/t22-,23-,25?,26-,30+,32+,39-/m1/s1. The second-order valence-electron chi connectivity index (χ2n) is 16.4. The first-order chi connectivity index (χ1) is 25.9. The number of aromatic nitrogens is 1. The maximum atomic E-state index is 15.0. The van der Waals surface area contributed by atoms with Gasteiger partial charge in [0.2, 0.25) is 27.7 Å². The molecule has 2 aliphatic carbocycles. The van der Waals surface area contributed by atoms with Gasteiger partial charge in [-0.25, -0.2) is 22.6 Å². The number of nitrogens with one attached hydrogen (secondary N) is 3. The molecule has 1 aromatic heterocycles. The van der Waals surface area contributed by atoms with E-state index in [1.807, 2.05) is 19.1 Å². The molecule has 14 nitrogen and oxygen atoms in total. The molecule has 1 aromatic carbocycles. The van der Waals surface area contributed by atoms with Gasteiger partial charge in [0.05, 0.1) is 18.4 Å². The second kappa shape index (κ2) is 15.6. The van der Waals surface area contributed by atoms with Crippen LogP contribution >= 0.6 is 0 Å². The Morgan fingerprint density at radius 2 is 1.87 bits per heavy atom. The molecular formula is C39H52FN5O9S. The van der Waals surface area contributed by atoms with Crippen LogP contribution in [0.25, 0.3) is 10.8 Å². The lowest BCUT2D eigenvalue weighted by Gasteiger charge is -2.33. The van der Waals surface area contributed by atoms with E-state index in [4.69, 9.17) is 14.2 Å². The second-order valence-corrected chi connectivity index (χ2v) is 18.4. The van der Waals surface area contributed by atoms with Crippen LogP contribution in [0.5, 0.6) is 11.6 Å². The number of alkyl carbamates (subject to hydrolysis) is 1. The molecule has 3 fully saturated rings. The Labute approximate surface area is 321 Å². The summed E-state index contributed by atoms with van der Waals surface area (Å²) in [5.74, 6) is -3.24. The largest absolute Gasteiger partial charge is 0.491 e. The molecule has 3 N–H and O–H groups in total. The molecule has 2 saturated carbocycles. The predicted octanol–water partition coefficient (Wildman–Crippen LogP) is 4.51. The third kappa shape index (κ3) is 9.16. The Morgan fingerprint density at radius 1 is 1.13 bits per heavy atom. The molecule has 16 heteroatoms. The average Bonchev–Trinajstić information content (AvgIpc) is 4.02. The molecule has 0 spiro atoms. The summed E-state index contributed by atoms with van der Waals surface area (Å²) in [6.07, 6.45) is 6.67. The van der Waals surface area contributed by atoms with Crippen molar-refractivity contribution in [2.75, 3.05) is 13.2 Å². The third-order valence-electron chi connectivity index (χ3n) is 10.6. The number of fused-ring (bicyclic) bond motifs is 3. The van der Waals surface area contributed by atoms with Gasteiger partial charge in [-0.15, -0.1) is 0 Å². The molecule has 55 heavy (non-hydrogen) atoms. The first-order valence-corrected chi connectivity index (χ1v) is 20.7. The number of allylic oxidation sites excluding steroid dienone is 1. The lowest BCUT2D eigenvalue weighted by Crippen LogP contribution is -2.59. The van der Waals surface area contributed by atoms with E-state index in [-0.39, 0.29) is 49.5 Å². The molecular weight excluding hydrogens is 734 g/mol. The zero-order valence-corrected chi connectivity index (χ0v) is 33.0. The number of nitrogens with zero attached hydrogens (tertiary/aromatic N) is 2. The Kier molecular flexibility index (Phi) is 11.4. The summed E-state index contributed by atoms with van der Waals surface area (Å²) < 4.78 is 60.3. The Hall–Kier alpha value is -4.47. The van der Waals surface area contributed by atoms with Gasteiger partial charge in [0.25, 0.3) is 5.91 Å². The van der Waals surface area contributed by atoms with Crippen molar-refractivity contribution >= 4 is 44.6 Å². The molecule has 2 aromatic rings. The maximum absolute atomic E-state index is 15.0. The Bertz CT molecular complexity index is 1970. The Morgan fingerprint density at radius 3 is 2.56 bits per heavy atom. The summed E-state index contributed by atoms with van der Waals surface area (Å²) in [6.45, 7) is 11.0. The fourth-order valence-corrected chi connectivity index (χ4v) is 8.96. The minimum Gasteiger partial charge on any atom is -0.491 e. The summed E-state index contributed by atoms with van der Waals surface area (Å²) >= 11 is 0. The van der Waals surface area contributed by atoms with Crippen molar-refractivity contribution in [2.24, 2.45) is 17.8 Å². The minimum atomic E-state index is -3.93. The highest BCUT2D eigenvalue weighted by molar-refractivity contribution is 7.91. The van der Waals surface area contributed by atoms with Crippen molar-refractivity contribution in [3.8, 4) is 11.6 Å². The lowest BCUT2D eigenvalue weighted by molar-refractivity contribution is -0.142. The van der Waals surface area contributed by atoms with Gasteiger partial charge in [0, 0.05) is 23.9 Å². The SMILES string of the molecule is CCOc1cc2ccnc(O[C@@H]3C[C@H]4C(=O)N[C@]5(C(=O)NS(=O)(=O)C6CC6)CC5/C=C\CC[C@@H](C)C[C@@H](C)[C@H](NC(=O)OC(C)(C)C)C(=O)N4C3)c2cc1F. The van der Waals surface area contributed by atoms with Gasteiger partial charge < -0.3 is 29.7 Å². The quantitative estimate of drug-likeness (QED) is 0.322. The molecule has 6 rings (SSSR count). The van der Waals surface area contributed by atoms with E-state index in [9.17, 15) is 27.6 Å². The average molecular weight is 786 g/mol. The fourth-order valence-electron chi connectivity index (χ4n) is 7.60. The van der Waals surface area contributed by atoms with Gasteiger partial charge in [-0.05, 0) is 102 Å². The van der Waals surface area contributed by atoms with Crippen LogP contribution < -0.4 is 24.8 Å². The first kappa shape index (κ1) is 40.2. The van der Waals surface area contributed by atoms with E-state index < -0.39 is 80.2 Å². The van der Waals surface area contributed by atoms with Crippen LogP contribution in [-0.4, -0.2) is 89.8 Å². The minimum absolute atomic E-state index is 0.0440. The number of halogens is 1. The van der Waals surface area contributed by atoms with Crippen molar-refractivity contribution < 1.29 is 46.2 Å². The molecule has 0 bridgehead atoms. The summed E-state index contributed by atoms with van der Waals surface area (Å²) in [5, 5.41) is 5.93. The van der Waals surface area contributed by atoms with Crippen molar-refractivity contribution in [2.45, 2.75) is 121 Å². The number of amides is 4. The van der Waals surface area contributed by atoms with E-state index in [2.05, 4.69) is 27.3 Å². The van der Waals surface area contributed by atoms with Gasteiger partial charge in [0.15, 0.2) is 11.6 Å². The van der Waals surface area contributed by atoms with Gasteiger partial charge in [0.1, 0.15) is 29.3 Å². The highest BCUT2D eigenvalue weighted by atomic mass is 32.2. The molecule has 1 unspecified atom stereocenters. The predicted molar refractivity (Wildman–Crippen MR) is 201 cm³/mol. The summed E-state index contributed by atoms with van der Waals surface area (Å²) in [7, 11) is -3.93. The van der Waals surface area contributed by atoms with Crippen LogP contribution in [0.1, 0.15) is 86.5 Å². The van der Waals surface area contributed by atoms with Gasteiger partial charge in [-0.1, -0.05) is 26.0 Å². The zero-order chi connectivity index (χ0) is 39.9. The smallest absolute Gasteiger partial charge is 0.408 e. The van der Waals surface area contributed by atoms with Crippen LogP contribution in [0.15, 0.2) is 36.5 Å². The van der Waals surface area contributed by atoms with E-state index in [1.54, 1.807) is 39.8 Å². The zero-order valence-electron chi connectivity index (χ0n) is 32.2. The number of hydrogen-bond acceptors (Lipinski definition) is 10. The number of pyridine rings is 1. The molecule has 300 valence electrons. The highest BCUT2D eigenvalue weighted by Crippen LogP contribution is 2.46. The molecule has 4 amide bonds. The maximum Gasteiger partial charge on any atom is 0.408 e. The van der Waals surface area contributed by atoms with Gasteiger partial charge in [-0.2, -0.15) is 0 Å². The molecule has 2 aliphatic heterocycles. The fraction of sp³-hybridized carbons (Fsp3) is 0.615. The molecule has 7 atom stereocenters. The molecule has 4 aliphatic rings. The number of rotatable bonds is 8. The summed E-state index contributed by atoms with van der Waals surface area (Å²) in [6, 6.07) is 2.20. The van der Waals surface area contributed by atoms with E-state index in [1.165, 1.54) is 17.2 Å². The number of ether oxygens (including phenoxy) is 3. The van der Waals surface area contributed by atoms with Crippen molar-refractivity contribution in [3.05, 3.63) is 42.4 Å². The number of sulfonamides is 1. The van der Waals surface area contributed by atoms with E-state index >= 15 is 4.39 Å². The third-order valence-corrected chi connectivity index (χ3v) is 12.5. The summed E-state index contributed by atoms with van der Waals surface area (Å²) in [5.41, 5.74) is -2.40. The van der Waals surface area contributed by atoms with E-state index in [0.717, 1.165) is 6.42 Å². The van der Waals surface area contributed by atoms with E-state index in [0.29, 0.717) is 36.5 Å². The highest BCUT2D eigenvalue weighted by Gasteiger charge is 2.62. The summed E-state index contributed by atoms with van der Waals surface area (Å²) in [4.78, 5) is 61.8. The first-order valence-electron chi connectivity index (χ1n) is 19.1. The van der Waals surface area contributed by atoms with Crippen LogP contribution in [0.2, 0.25) is 0 Å². The van der Waals surface area contributed by atoms with Gasteiger partial charge in [-0.3, -0.25) is 19.1 Å². The van der Waals surface area contributed by atoms with Crippen LogP contribution in [-0.2, 0) is 29.1 Å². The van der Waals surface area contributed by atoms with Crippen molar-refractivity contribution in [1.29, 1.82) is 0 Å². The molecule has 0 radical (unpaired) electrons. The number of carbonyl (C=O) groups excluding carboxylic acids is 4. The number of hydrogen-bond donors (Lipinski definition) is 3. The lowest BCUT2D eigenvalue weighted by atomic mass is 9.88. The Balaban J connectivity index is 1.35. The van der Waals surface area contributed by atoms with Crippen molar-refractivity contribution in [1.82, 2.24) is 25.2 Å². The van der Waals surface area contributed by atoms with Crippen LogP contribution in [0, 0.1) is 23.6 Å². The number of carbonyl (C=O) groups is 4. The number of benzene rings is 1. The molecule has 3 heterocycles. The normalized spacial score (nSPS) is 29.5. The molecule has 1 saturated heterocycles. The van der Waals surface area contributed by atoms with Crippen molar-refractivity contribution in [3.63, 3.8) is 0 Å². The van der Waals surface area contributed by atoms with Crippen LogP contribution in [0.4, 0.5) is 9.18 Å². The van der Waals surface area contributed by atoms with Crippen LogP contribution in [0.3, 0.4) is 0 Å². The monoisotopic (exact) mass is 785 g/mol. The topological polar surface area (TPSA) is 182 Å². The van der Waals surface area contributed by atoms with Gasteiger partial charge >= 0.3 is 6.09 Å².